The van der Waals surface area contributed by atoms with E-state index in [1.807, 2.05) is 28.1 Å². The minimum absolute atomic E-state index is 0.182. The van der Waals surface area contributed by atoms with Crippen LogP contribution >= 0.6 is 0 Å². The van der Waals surface area contributed by atoms with Crippen LogP contribution in [0.25, 0.3) is 0 Å². The Morgan fingerprint density at radius 2 is 1.64 bits per heavy atom. The van der Waals surface area contributed by atoms with Gasteiger partial charge in [0.2, 0.25) is 11.8 Å². The minimum Gasteiger partial charge on any atom is -0.339 e. The highest BCUT2D eigenvalue weighted by molar-refractivity contribution is 5.78. The van der Waals surface area contributed by atoms with Crippen LogP contribution in [0.4, 0.5) is 0 Å². The first-order valence-electron chi connectivity index (χ1n) is 9.67. The molecule has 136 valence electrons. The number of amides is 2. The van der Waals surface area contributed by atoms with Crippen molar-refractivity contribution < 1.29 is 9.59 Å². The molecule has 0 unspecified atom stereocenters. The summed E-state index contributed by atoms with van der Waals surface area (Å²) >= 11 is 0. The first kappa shape index (κ1) is 17.9. The van der Waals surface area contributed by atoms with Crippen LogP contribution in [0.3, 0.4) is 0 Å². The van der Waals surface area contributed by atoms with Crippen LogP contribution in [0.1, 0.15) is 50.5 Å². The number of rotatable bonds is 6. The highest BCUT2D eigenvalue weighted by Crippen LogP contribution is 2.28. The molecule has 1 saturated carbocycles. The van der Waals surface area contributed by atoms with Crippen molar-refractivity contribution >= 4 is 11.8 Å². The van der Waals surface area contributed by atoms with E-state index < -0.39 is 0 Å². The Hall–Kier alpha value is -1.91. The molecule has 1 saturated heterocycles. The maximum Gasteiger partial charge on any atom is 0.223 e. The van der Waals surface area contributed by atoms with Crippen LogP contribution in [0.2, 0.25) is 0 Å². The zero-order valence-corrected chi connectivity index (χ0v) is 15.0. The summed E-state index contributed by atoms with van der Waals surface area (Å²) in [5.74, 6) is 1.22. The average Bonchev–Trinajstić information content (AvgIpc) is 3.19. The maximum atomic E-state index is 12.4. The van der Waals surface area contributed by atoms with Crippen molar-refractivity contribution in [1.29, 1.82) is 0 Å². The molecule has 0 spiro atoms. The summed E-state index contributed by atoms with van der Waals surface area (Å²) in [4.78, 5) is 32.6. The molecule has 1 aliphatic carbocycles. The number of hydrogen-bond acceptors (Lipinski definition) is 3. The molecule has 2 fully saturated rings. The lowest BCUT2D eigenvalue weighted by atomic mass is 10.0. The minimum atomic E-state index is 0.182. The SMILES string of the molecule is O=C(CCc1cccnc1)N1CCN(C(=O)CCC2CCCC2)CC1. The Kier molecular flexibility index (Phi) is 6.42. The molecule has 25 heavy (non-hydrogen) atoms. The first-order valence-corrected chi connectivity index (χ1v) is 9.67. The van der Waals surface area contributed by atoms with E-state index in [0.29, 0.717) is 39.0 Å². The van der Waals surface area contributed by atoms with Gasteiger partial charge in [0.1, 0.15) is 0 Å². The predicted octanol–water partition coefficient (Wildman–Crippen LogP) is 2.66. The van der Waals surface area contributed by atoms with Crippen molar-refractivity contribution in [2.45, 2.75) is 51.4 Å². The van der Waals surface area contributed by atoms with Crippen molar-refractivity contribution in [3.63, 3.8) is 0 Å². The summed E-state index contributed by atoms with van der Waals surface area (Å²) in [6.45, 7) is 2.70. The molecule has 0 N–H and O–H groups in total. The fourth-order valence-electron chi connectivity index (χ4n) is 3.95. The molecular formula is C20H29N3O2. The number of aromatic nitrogens is 1. The molecule has 2 heterocycles. The Morgan fingerprint density at radius 1 is 1.00 bits per heavy atom. The number of hydrogen-bond donors (Lipinski definition) is 0. The van der Waals surface area contributed by atoms with Crippen LogP contribution < -0.4 is 0 Å². The van der Waals surface area contributed by atoms with E-state index in [0.717, 1.165) is 24.3 Å². The summed E-state index contributed by atoms with van der Waals surface area (Å²) in [7, 11) is 0. The lowest BCUT2D eigenvalue weighted by Crippen LogP contribution is -2.50. The molecule has 1 aliphatic heterocycles. The Morgan fingerprint density at radius 3 is 2.24 bits per heavy atom. The average molecular weight is 343 g/mol. The molecule has 5 nitrogen and oxygen atoms in total. The van der Waals surface area contributed by atoms with Crippen LogP contribution in [0.15, 0.2) is 24.5 Å². The molecule has 0 atom stereocenters. The van der Waals surface area contributed by atoms with Gasteiger partial charge in [0.15, 0.2) is 0 Å². The second kappa shape index (κ2) is 8.97. The number of carbonyl (C=O) groups is 2. The van der Waals surface area contributed by atoms with Gasteiger partial charge in [0.25, 0.3) is 0 Å². The van der Waals surface area contributed by atoms with Crippen molar-refractivity contribution in [3.8, 4) is 0 Å². The van der Waals surface area contributed by atoms with E-state index in [4.69, 9.17) is 0 Å². The molecule has 0 radical (unpaired) electrons. The van der Waals surface area contributed by atoms with Gasteiger partial charge in [-0.25, -0.2) is 0 Å². The van der Waals surface area contributed by atoms with Crippen LogP contribution in [-0.4, -0.2) is 52.8 Å². The summed E-state index contributed by atoms with van der Waals surface area (Å²) in [5, 5.41) is 0. The lowest BCUT2D eigenvalue weighted by molar-refractivity contribution is -0.139. The van der Waals surface area contributed by atoms with E-state index in [-0.39, 0.29) is 11.8 Å². The van der Waals surface area contributed by atoms with Gasteiger partial charge in [-0.05, 0) is 30.4 Å². The van der Waals surface area contributed by atoms with Crippen LogP contribution in [0, 0.1) is 5.92 Å². The fourth-order valence-corrected chi connectivity index (χ4v) is 3.95. The highest BCUT2D eigenvalue weighted by atomic mass is 16.2. The van der Waals surface area contributed by atoms with Gasteiger partial charge in [-0.15, -0.1) is 0 Å². The Labute approximate surface area is 150 Å². The zero-order valence-electron chi connectivity index (χ0n) is 15.0. The van der Waals surface area contributed by atoms with E-state index >= 15 is 0 Å². The second-order valence-electron chi connectivity index (χ2n) is 7.31. The molecule has 3 rings (SSSR count). The highest BCUT2D eigenvalue weighted by Gasteiger charge is 2.24. The maximum absolute atomic E-state index is 12.4. The summed E-state index contributed by atoms with van der Waals surface area (Å²) in [6.07, 6.45) is 11.8. The number of piperazine rings is 1. The normalized spacial score (nSPS) is 18.6. The molecule has 1 aromatic heterocycles. The first-order chi connectivity index (χ1) is 12.2. The van der Waals surface area contributed by atoms with Gasteiger partial charge in [-0.1, -0.05) is 31.7 Å². The van der Waals surface area contributed by atoms with Gasteiger partial charge in [-0.2, -0.15) is 0 Å². The third-order valence-electron chi connectivity index (χ3n) is 5.58. The summed E-state index contributed by atoms with van der Waals surface area (Å²) in [6, 6.07) is 3.90. The van der Waals surface area contributed by atoms with E-state index in [2.05, 4.69) is 4.98 Å². The fraction of sp³-hybridized carbons (Fsp3) is 0.650. The molecule has 1 aromatic rings. The van der Waals surface area contributed by atoms with Crippen molar-refractivity contribution in [2.75, 3.05) is 26.2 Å². The van der Waals surface area contributed by atoms with Crippen molar-refractivity contribution in [1.82, 2.24) is 14.8 Å². The summed E-state index contributed by atoms with van der Waals surface area (Å²) < 4.78 is 0. The monoisotopic (exact) mass is 343 g/mol. The van der Waals surface area contributed by atoms with E-state index in [1.165, 1.54) is 25.7 Å². The van der Waals surface area contributed by atoms with Gasteiger partial charge < -0.3 is 9.80 Å². The Balaban J connectivity index is 1.35. The third-order valence-corrected chi connectivity index (χ3v) is 5.58. The number of aryl methyl sites for hydroxylation is 1. The van der Waals surface area contributed by atoms with Crippen molar-refractivity contribution in [2.24, 2.45) is 5.92 Å². The number of pyridine rings is 1. The third kappa shape index (κ3) is 5.28. The number of nitrogens with zero attached hydrogens (tertiary/aromatic N) is 3. The molecule has 5 heteroatoms. The van der Waals surface area contributed by atoms with Gasteiger partial charge in [0.05, 0.1) is 0 Å². The molecule has 0 bridgehead atoms. The van der Waals surface area contributed by atoms with Crippen LogP contribution in [-0.2, 0) is 16.0 Å². The largest absolute Gasteiger partial charge is 0.339 e. The van der Waals surface area contributed by atoms with E-state index in [1.54, 1.807) is 6.20 Å². The second-order valence-corrected chi connectivity index (χ2v) is 7.31. The van der Waals surface area contributed by atoms with Crippen LogP contribution in [0.5, 0.6) is 0 Å². The predicted molar refractivity (Wildman–Crippen MR) is 96.9 cm³/mol. The lowest BCUT2D eigenvalue weighted by Gasteiger charge is -2.35. The number of carbonyl (C=O) groups excluding carboxylic acids is 2. The smallest absolute Gasteiger partial charge is 0.223 e. The van der Waals surface area contributed by atoms with Gasteiger partial charge >= 0.3 is 0 Å². The molecule has 2 amide bonds. The summed E-state index contributed by atoms with van der Waals surface area (Å²) in [5.41, 5.74) is 1.09. The molecule has 2 aliphatic rings. The standard InChI is InChI=1S/C20H29N3O2/c24-19(9-7-17-4-1-2-5-17)22-12-14-23(15-13-22)20(25)10-8-18-6-3-11-21-16-18/h3,6,11,16-17H,1-2,4-5,7-10,12-15H2. The topological polar surface area (TPSA) is 53.5 Å². The van der Waals surface area contributed by atoms with Crippen molar-refractivity contribution in [3.05, 3.63) is 30.1 Å². The molecular weight excluding hydrogens is 314 g/mol. The zero-order chi connectivity index (χ0) is 17.5. The molecule has 0 aromatic carbocycles. The van der Waals surface area contributed by atoms with Gasteiger partial charge in [-0.3, -0.25) is 14.6 Å². The van der Waals surface area contributed by atoms with Gasteiger partial charge in [0, 0.05) is 51.4 Å². The quantitative estimate of drug-likeness (QED) is 0.798. The Bertz CT molecular complexity index is 562. The van der Waals surface area contributed by atoms with E-state index in [9.17, 15) is 9.59 Å².